The Hall–Kier alpha value is -2.43. The van der Waals surface area contributed by atoms with E-state index in [1.165, 1.54) is 19.3 Å². The van der Waals surface area contributed by atoms with E-state index in [1.807, 2.05) is 30.3 Å². The molecular weight excluding hydrogens is 304 g/mol. The maximum Gasteiger partial charge on any atom is 0.315 e. The minimum Gasteiger partial charge on any atom is -0.490 e. The molecular formula is C19H24N2O3. The van der Waals surface area contributed by atoms with E-state index in [0.29, 0.717) is 19.2 Å². The van der Waals surface area contributed by atoms with E-state index >= 15 is 0 Å². The fourth-order valence-corrected chi connectivity index (χ4v) is 2.93. The van der Waals surface area contributed by atoms with Gasteiger partial charge in [0.1, 0.15) is 11.5 Å². The van der Waals surface area contributed by atoms with Gasteiger partial charge >= 0.3 is 6.03 Å². The molecule has 5 heteroatoms. The third-order valence-electron chi connectivity index (χ3n) is 4.21. The van der Waals surface area contributed by atoms with Crippen molar-refractivity contribution in [3.63, 3.8) is 0 Å². The normalized spacial score (nSPS) is 15.0. The fourth-order valence-electron chi connectivity index (χ4n) is 2.93. The van der Waals surface area contributed by atoms with Crippen LogP contribution in [0.4, 0.5) is 4.79 Å². The van der Waals surface area contributed by atoms with Crippen molar-refractivity contribution in [2.45, 2.75) is 51.3 Å². The molecule has 0 radical (unpaired) electrons. The number of furan rings is 1. The molecule has 5 nitrogen and oxygen atoms in total. The van der Waals surface area contributed by atoms with Crippen LogP contribution >= 0.6 is 0 Å². The Labute approximate surface area is 142 Å². The Kier molecular flexibility index (Phi) is 5.77. The predicted octanol–water partition coefficient (Wildman–Crippen LogP) is 3.99. The van der Waals surface area contributed by atoms with Crippen LogP contribution in [-0.2, 0) is 13.1 Å². The molecule has 2 N–H and O–H groups in total. The van der Waals surface area contributed by atoms with E-state index in [0.717, 1.165) is 29.9 Å². The maximum absolute atomic E-state index is 11.8. The van der Waals surface area contributed by atoms with Crippen LogP contribution in [0.2, 0.25) is 0 Å². The van der Waals surface area contributed by atoms with Crippen LogP contribution in [0.1, 0.15) is 43.4 Å². The summed E-state index contributed by atoms with van der Waals surface area (Å²) in [6.07, 6.45) is 8.02. The molecule has 1 fully saturated rings. The second-order valence-corrected chi connectivity index (χ2v) is 6.14. The number of nitrogens with one attached hydrogen (secondary N) is 2. The zero-order chi connectivity index (χ0) is 16.6. The molecule has 1 heterocycles. The van der Waals surface area contributed by atoms with E-state index in [9.17, 15) is 4.79 Å². The molecule has 0 spiro atoms. The third kappa shape index (κ3) is 5.05. The molecule has 1 saturated carbocycles. The third-order valence-corrected chi connectivity index (χ3v) is 4.21. The Bertz CT molecular complexity index is 634. The highest BCUT2D eigenvalue weighted by Crippen LogP contribution is 2.23. The molecule has 1 aliphatic rings. The van der Waals surface area contributed by atoms with Crippen molar-refractivity contribution >= 4 is 6.03 Å². The maximum atomic E-state index is 11.8. The smallest absolute Gasteiger partial charge is 0.315 e. The average Bonchev–Trinajstić information content (AvgIpc) is 3.13. The zero-order valence-corrected chi connectivity index (χ0v) is 13.8. The highest BCUT2D eigenvalue weighted by atomic mass is 16.5. The van der Waals surface area contributed by atoms with Crippen LogP contribution in [0.15, 0.2) is 47.1 Å². The molecule has 2 aromatic rings. The number of hydrogen-bond acceptors (Lipinski definition) is 3. The molecule has 0 atom stereocenters. The van der Waals surface area contributed by atoms with E-state index in [-0.39, 0.29) is 6.03 Å². The molecule has 1 aromatic carbocycles. The molecule has 0 saturated heterocycles. The van der Waals surface area contributed by atoms with Crippen molar-refractivity contribution in [3.8, 4) is 5.75 Å². The molecule has 0 bridgehead atoms. The summed E-state index contributed by atoms with van der Waals surface area (Å²) in [5.74, 6) is 1.62. The van der Waals surface area contributed by atoms with Crippen molar-refractivity contribution in [1.29, 1.82) is 0 Å². The van der Waals surface area contributed by atoms with Crippen molar-refractivity contribution in [3.05, 3.63) is 54.0 Å². The largest absolute Gasteiger partial charge is 0.490 e. The van der Waals surface area contributed by atoms with Gasteiger partial charge in [-0.3, -0.25) is 0 Å². The Morgan fingerprint density at radius 3 is 2.71 bits per heavy atom. The van der Waals surface area contributed by atoms with Crippen LogP contribution in [0, 0.1) is 0 Å². The molecule has 1 aliphatic carbocycles. The molecule has 128 valence electrons. The van der Waals surface area contributed by atoms with Crippen molar-refractivity contribution in [2.24, 2.45) is 0 Å². The van der Waals surface area contributed by atoms with Crippen molar-refractivity contribution < 1.29 is 13.9 Å². The number of carbonyl (C=O) groups is 1. The first-order chi connectivity index (χ1) is 11.8. The SMILES string of the molecule is O=C(NCc1cccc(OC2CCCCC2)c1)NCc1ccco1. The Morgan fingerprint density at radius 2 is 1.92 bits per heavy atom. The lowest BCUT2D eigenvalue weighted by molar-refractivity contribution is 0.155. The number of amides is 2. The first-order valence-electron chi connectivity index (χ1n) is 8.59. The van der Waals surface area contributed by atoms with Gasteiger partial charge in [-0.05, 0) is 55.5 Å². The lowest BCUT2D eigenvalue weighted by Gasteiger charge is -2.23. The van der Waals surface area contributed by atoms with Gasteiger partial charge in [-0.2, -0.15) is 0 Å². The average molecular weight is 328 g/mol. The number of carbonyl (C=O) groups excluding carboxylic acids is 1. The van der Waals surface area contributed by atoms with Crippen LogP contribution in [0.25, 0.3) is 0 Å². The van der Waals surface area contributed by atoms with Gasteiger partial charge in [0, 0.05) is 6.54 Å². The van der Waals surface area contributed by atoms with Crippen molar-refractivity contribution in [1.82, 2.24) is 10.6 Å². The van der Waals surface area contributed by atoms with Crippen LogP contribution < -0.4 is 15.4 Å². The molecule has 0 unspecified atom stereocenters. The summed E-state index contributed by atoms with van der Waals surface area (Å²) in [6.45, 7) is 0.843. The minimum atomic E-state index is -0.218. The fraction of sp³-hybridized carbons (Fsp3) is 0.421. The quantitative estimate of drug-likeness (QED) is 0.843. The number of rotatable bonds is 6. The van der Waals surface area contributed by atoms with Gasteiger partial charge in [-0.1, -0.05) is 18.6 Å². The summed E-state index contributed by atoms with van der Waals surface area (Å²) < 4.78 is 11.2. The predicted molar refractivity (Wildman–Crippen MR) is 91.7 cm³/mol. The first kappa shape index (κ1) is 16.4. The van der Waals surface area contributed by atoms with E-state index in [2.05, 4.69) is 10.6 Å². The summed E-state index contributed by atoms with van der Waals surface area (Å²) in [5.41, 5.74) is 1.02. The lowest BCUT2D eigenvalue weighted by atomic mass is 9.98. The monoisotopic (exact) mass is 328 g/mol. The molecule has 0 aliphatic heterocycles. The molecule has 3 rings (SSSR count). The Morgan fingerprint density at radius 1 is 1.08 bits per heavy atom. The zero-order valence-electron chi connectivity index (χ0n) is 13.8. The molecule has 2 amide bonds. The summed E-state index contributed by atoms with van der Waals surface area (Å²) in [5, 5.41) is 5.61. The standard InChI is InChI=1S/C19H24N2O3/c22-19(21-14-18-10-5-11-23-18)20-13-15-6-4-9-17(12-15)24-16-7-2-1-3-8-16/h4-6,9-12,16H,1-3,7-8,13-14H2,(H2,20,21,22). The van der Waals surface area contributed by atoms with Gasteiger partial charge in [-0.25, -0.2) is 4.79 Å². The summed E-state index contributed by atoms with van der Waals surface area (Å²) >= 11 is 0. The highest BCUT2D eigenvalue weighted by Gasteiger charge is 2.14. The van der Waals surface area contributed by atoms with Gasteiger partial charge in [0.05, 0.1) is 18.9 Å². The van der Waals surface area contributed by atoms with Gasteiger partial charge < -0.3 is 19.8 Å². The molecule has 1 aromatic heterocycles. The van der Waals surface area contributed by atoms with Crippen LogP contribution in [-0.4, -0.2) is 12.1 Å². The minimum absolute atomic E-state index is 0.218. The number of ether oxygens (including phenoxy) is 1. The summed E-state index contributed by atoms with van der Waals surface area (Å²) in [4.78, 5) is 11.8. The second-order valence-electron chi connectivity index (χ2n) is 6.14. The number of benzene rings is 1. The van der Waals surface area contributed by atoms with E-state index in [4.69, 9.17) is 9.15 Å². The van der Waals surface area contributed by atoms with Gasteiger partial charge in [0.25, 0.3) is 0 Å². The second kappa shape index (κ2) is 8.43. The van der Waals surface area contributed by atoms with Crippen molar-refractivity contribution in [2.75, 3.05) is 0 Å². The summed E-state index contributed by atoms with van der Waals surface area (Å²) in [6, 6.07) is 11.3. The van der Waals surface area contributed by atoms with Crippen LogP contribution in [0.5, 0.6) is 5.75 Å². The van der Waals surface area contributed by atoms with Gasteiger partial charge in [0.2, 0.25) is 0 Å². The van der Waals surface area contributed by atoms with Gasteiger partial charge in [0.15, 0.2) is 0 Å². The van der Waals surface area contributed by atoms with E-state index < -0.39 is 0 Å². The Balaban J connectivity index is 1.44. The first-order valence-corrected chi connectivity index (χ1v) is 8.59. The summed E-state index contributed by atoms with van der Waals surface area (Å²) in [7, 11) is 0. The lowest BCUT2D eigenvalue weighted by Crippen LogP contribution is -2.34. The highest BCUT2D eigenvalue weighted by molar-refractivity contribution is 5.73. The molecule has 24 heavy (non-hydrogen) atoms. The number of hydrogen-bond donors (Lipinski definition) is 2. The van der Waals surface area contributed by atoms with Gasteiger partial charge in [-0.15, -0.1) is 0 Å². The van der Waals surface area contributed by atoms with E-state index in [1.54, 1.807) is 12.3 Å². The number of urea groups is 1. The van der Waals surface area contributed by atoms with Crippen LogP contribution in [0.3, 0.4) is 0 Å². The topological polar surface area (TPSA) is 63.5 Å².